The molecule has 1 aliphatic heterocycles. The summed E-state index contributed by atoms with van der Waals surface area (Å²) in [7, 11) is -3.80. The van der Waals surface area contributed by atoms with Crippen LogP contribution in [0.3, 0.4) is 0 Å². The van der Waals surface area contributed by atoms with Gasteiger partial charge in [0.1, 0.15) is 0 Å². The van der Waals surface area contributed by atoms with Crippen molar-refractivity contribution in [1.82, 2.24) is 14.6 Å². The molecule has 8 nitrogen and oxygen atoms in total. The van der Waals surface area contributed by atoms with E-state index in [9.17, 15) is 18.5 Å². The van der Waals surface area contributed by atoms with Crippen LogP contribution in [0.25, 0.3) is 0 Å². The number of nitrogens with one attached hydrogen (secondary N) is 1. The average Bonchev–Trinajstić information content (AvgIpc) is 2.67. The van der Waals surface area contributed by atoms with Gasteiger partial charge >= 0.3 is 0 Å². The second-order valence-electron chi connectivity index (χ2n) is 6.10. The number of nitro benzene ring substituents is 1. The molecule has 0 amide bonds. The lowest BCUT2D eigenvalue weighted by Gasteiger charge is -2.33. The van der Waals surface area contributed by atoms with Crippen LogP contribution in [0.4, 0.5) is 5.69 Å². The molecular weight excluding hydrogens is 356 g/mol. The first-order chi connectivity index (χ1) is 12.5. The van der Waals surface area contributed by atoms with E-state index in [1.165, 1.54) is 28.6 Å². The van der Waals surface area contributed by atoms with Crippen LogP contribution in [0.2, 0.25) is 0 Å². The predicted molar refractivity (Wildman–Crippen MR) is 96.0 cm³/mol. The van der Waals surface area contributed by atoms with Gasteiger partial charge in [-0.3, -0.25) is 15.1 Å². The van der Waals surface area contributed by atoms with Gasteiger partial charge in [0.2, 0.25) is 10.0 Å². The molecule has 0 bridgehead atoms. The first-order valence-corrected chi connectivity index (χ1v) is 9.79. The molecule has 0 aliphatic carbocycles. The van der Waals surface area contributed by atoms with Crippen molar-refractivity contribution in [2.24, 2.45) is 0 Å². The van der Waals surface area contributed by atoms with Gasteiger partial charge in [-0.05, 0) is 50.2 Å². The number of benzene rings is 1. The smallest absolute Gasteiger partial charge is 0.269 e. The van der Waals surface area contributed by atoms with E-state index in [1.54, 1.807) is 18.3 Å². The summed E-state index contributed by atoms with van der Waals surface area (Å²) in [5.74, 6) is 0. The summed E-state index contributed by atoms with van der Waals surface area (Å²) in [6, 6.07) is 10.3. The Balaban J connectivity index is 1.94. The van der Waals surface area contributed by atoms with Gasteiger partial charge in [0.25, 0.3) is 5.69 Å². The van der Waals surface area contributed by atoms with Crippen molar-refractivity contribution in [1.29, 1.82) is 0 Å². The molecule has 0 unspecified atom stereocenters. The number of aromatic nitrogens is 1. The summed E-state index contributed by atoms with van der Waals surface area (Å²) in [4.78, 5) is 14.6. The Morgan fingerprint density at radius 1 is 1.15 bits per heavy atom. The molecule has 1 aromatic carbocycles. The summed E-state index contributed by atoms with van der Waals surface area (Å²) in [5, 5.41) is 14.0. The molecule has 0 saturated carbocycles. The topological polar surface area (TPSA) is 105 Å². The van der Waals surface area contributed by atoms with Gasteiger partial charge in [-0.25, -0.2) is 8.42 Å². The molecule has 2 aromatic rings. The molecule has 1 fully saturated rings. The molecule has 1 saturated heterocycles. The highest BCUT2D eigenvalue weighted by Crippen LogP contribution is 2.26. The number of piperidine rings is 1. The number of sulfonamides is 1. The maximum atomic E-state index is 13.2. The molecule has 1 N–H and O–H groups in total. The summed E-state index contributed by atoms with van der Waals surface area (Å²) >= 11 is 0. The minimum atomic E-state index is -3.80. The Labute approximate surface area is 152 Å². The average molecular weight is 376 g/mol. The third-order valence-corrected chi connectivity index (χ3v) is 6.33. The Morgan fingerprint density at radius 2 is 1.85 bits per heavy atom. The van der Waals surface area contributed by atoms with Crippen LogP contribution in [0.5, 0.6) is 0 Å². The third-order valence-electron chi connectivity index (χ3n) is 4.41. The highest BCUT2D eigenvalue weighted by Gasteiger charge is 2.33. The summed E-state index contributed by atoms with van der Waals surface area (Å²) < 4.78 is 27.9. The van der Waals surface area contributed by atoms with Crippen molar-refractivity contribution in [2.45, 2.75) is 30.3 Å². The van der Waals surface area contributed by atoms with Crippen LogP contribution in [-0.2, 0) is 16.6 Å². The van der Waals surface area contributed by atoms with Gasteiger partial charge in [0, 0.05) is 24.4 Å². The first-order valence-electron chi connectivity index (χ1n) is 8.35. The molecular formula is C17H20N4O4S. The zero-order valence-electron chi connectivity index (χ0n) is 14.1. The van der Waals surface area contributed by atoms with E-state index in [4.69, 9.17) is 0 Å². The number of nitro groups is 1. The van der Waals surface area contributed by atoms with Crippen LogP contribution < -0.4 is 5.32 Å². The fourth-order valence-electron chi connectivity index (χ4n) is 3.03. The molecule has 2 heterocycles. The maximum absolute atomic E-state index is 13.2. The fourth-order valence-corrected chi connectivity index (χ4v) is 4.69. The zero-order valence-corrected chi connectivity index (χ0v) is 14.9. The quantitative estimate of drug-likeness (QED) is 0.610. The van der Waals surface area contributed by atoms with Crippen molar-refractivity contribution in [3.05, 3.63) is 64.5 Å². The zero-order chi connectivity index (χ0) is 18.6. The lowest BCUT2D eigenvalue weighted by atomic mass is 10.1. The van der Waals surface area contributed by atoms with Gasteiger partial charge < -0.3 is 5.32 Å². The Morgan fingerprint density at radius 3 is 2.42 bits per heavy atom. The third kappa shape index (κ3) is 4.06. The van der Waals surface area contributed by atoms with Gasteiger partial charge in [-0.15, -0.1) is 0 Å². The highest BCUT2D eigenvalue weighted by molar-refractivity contribution is 7.89. The number of nitrogens with zero attached hydrogens (tertiary/aromatic N) is 3. The molecule has 0 spiro atoms. The normalized spacial score (nSPS) is 15.9. The number of rotatable bonds is 6. The number of hydrogen-bond acceptors (Lipinski definition) is 6. The summed E-state index contributed by atoms with van der Waals surface area (Å²) in [6.45, 7) is 1.67. The minimum absolute atomic E-state index is 0.0533. The maximum Gasteiger partial charge on any atom is 0.269 e. The number of hydrogen-bond donors (Lipinski definition) is 1. The molecule has 0 radical (unpaired) electrons. The second kappa shape index (κ2) is 7.90. The monoisotopic (exact) mass is 376 g/mol. The molecule has 26 heavy (non-hydrogen) atoms. The van der Waals surface area contributed by atoms with E-state index in [0.717, 1.165) is 13.1 Å². The van der Waals surface area contributed by atoms with Gasteiger partial charge in [-0.2, -0.15) is 4.31 Å². The molecule has 9 heteroatoms. The van der Waals surface area contributed by atoms with E-state index >= 15 is 0 Å². The van der Waals surface area contributed by atoms with E-state index in [2.05, 4.69) is 10.3 Å². The van der Waals surface area contributed by atoms with Crippen molar-refractivity contribution in [3.8, 4) is 0 Å². The second-order valence-corrected chi connectivity index (χ2v) is 7.99. The van der Waals surface area contributed by atoms with E-state index in [-0.39, 0.29) is 23.2 Å². The lowest BCUT2D eigenvalue weighted by molar-refractivity contribution is -0.384. The summed E-state index contributed by atoms with van der Waals surface area (Å²) in [5.41, 5.74) is 0.526. The largest absolute Gasteiger partial charge is 0.317 e. The minimum Gasteiger partial charge on any atom is -0.317 e. The van der Waals surface area contributed by atoms with Gasteiger partial charge in [0.05, 0.1) is 22.1 Å². The molecule has 1 aromatic heterocycles. The Bertz CT molecular complexity index is 850. The molecule has 3 rings (SSSR count). The lowest BCUT2D eigenvalue weighted by Crippen LogP contribution is -2.45. The number of pyridine rings is 1. The SMILES string of the molecule is O=[N+]([O-])c1ccc(S(=O)(=O)N(Cc2ccccn2)C2CCNCC2)cc1. The predicted octanol–water partition coefficient (Wildman–Crippen LogP) is 1.93. The standard InChI is InChI=1S/C17H20N4O4S/c22-21(23)16-4-6-17(7-5-16)26(24,25)20(15-8-11-18-12-9-15)13-14-3-1-2-10-19-14/h1-7,10,15,18H,8-9,11-13H2. The molecule has 0 atom stereocenters. The Kier molecular flexibility index (Phi) is 5.60. The van der Waals surface area contributed by atoms with Crippen molar-refractivity contribution < 1.29 is 13.3 Å². The van der Waals surface area contributed by atoms with Crippen LogP contribution in [-0.4, -0.2) is 41.8 Å². The van der Waals surface area contributed by atoms with Crippen LogP contribution in [0.15, 0.2) is 53.6 Å². The van der Waals surface area contributed by atoms with Crippen LogP contribution in [0.1, 0.15) is 18.5 Å². The van der Waals surface area contributed by atoms with Crippen LogP contribution in [0, 0.1) is 10.1 Å². The van der Waals surface area contributed by atoms with E-state index < -0.39 is 14.9 Å². The molecule has 1 aliphatic rings. The number of non-ortho nitro benzene ring substituents is 1. The summed E-state index contributed by atoms with van der Waals surface area (Å²) in [6.07, 6.45) is 3.05. The first kappa shape index (κ1) is 18.4. The van der Waals surface area contributed by atoms with Crippen LogP contribution >= 0.6 is 0 Å². The fraction of sp³-hybridized carbons (Fsp3) is 0.353. The van der Waals surface area contributed by atoms with Gasteiger partial charge in [0.15, 0.2) is 0 Å². The van der Waals surface area contributed by atoms with Crippen molar-refractivity contribution in [2.75, 3.05) is 13.1 Å². The Hall–Kier alpha value is -2.36. The van der Waals surface area contributed by atoms with E-state index in [1.807, 2.05) is 6.07 Å². The highest BCUT2D eigenvalue weighted by atomic mass is 32.2. The van der Waals surface area contributed by atoms with Crippen molar-refractivity contribution in [3.63, 3.8) is 0 Å². The molecule has 138 valence electrons. The van der Waals surface area contributed by atoms with Gasteiger partial charge in [-0.1, -0.05) is 6.07 Å². The van der Waals surface area contributed by atoms with Crippen molar-refractivity contribution >= 4 is 15.7 Å². The van der Waals surface area contributed by atoms with E-state index in [0.29, 0.717) is 18.5 Å².